The molecule has 96 valence electrons. The van der Waals surface area contributed by atoms with Crippen LogP contribution >= 0.6 is 0 Å². The van der Waals surface area contributed by atoms with Crippen LogP contribution in [0.5, 0.6) is 0 Å². The Labute approximate surface area is 99.1 Å². The maximum Gasteiger partial charge on any atom is 0.234 e. The second kappa shape index (κ2) is 5.73. The molecule has 0 aliphatic carbocycles. The molecular formula is C8H15N5O3S. The van der Waals surface area contributed by atoms with Crippen molar-refractivity contribution in [3.63, 3.8) is 0 Å². The summed E-state index contributed by atoms with van der Waals surface area (Å²) in [6.45, 7) is 0.397. The van der Waals surface area contributed by atoms with E-state index in [1.54, 1.807) is 6.20 Å². The second-order valence-corrected chi connectivity index (χ2v) is 5.84. The van der Waals surface area contributed by atoms with E-state index in [0.29, 0.717) is 5.69 Å². The maximum absolute atomic E-state index is 10.9. The van der Waals surface area contributed by atoms with Crippen LogP contribution in [-0.4, -0.2) is 47.9 Å². The molecule has 1 heterocycles. The van der Waals surface area contributed by atoms with Crippen LogP contribution in [0.4, 0.5) is 0 Å². The lowest BCUT2D eigenvalue weighted by atomic mass is 10.4. The second-order valence-electron chi connectivity index (χ2n) is 3.58. The molecule has 1 rings (SSSR count). The van der Waals surface area contributed by atoms with Crippen LogP contribution in [-0.2, 0) is 27.7 Å². The number of hydrogen-bond acceptors (Lipinski definition) is 6. The molecule has 9 heteroatoms. The largest absolute Gasteiger partial charge is 0.349 e. The average Bonchev–Trinajstić information content (AvgIpc) is 2.70. The van der Waals surface area contributed by atoms with Gasteiger partial charge in [-0.1, -0.05) is 5.21 Å². The highest BCUT2D eigenvalue weighted by Crippen LogP contribution is 1.94. The first kappa shape index (κ1) is 13.6. The Hall–Kier alpha value is -1.48. The van der Waals surface area contributed by atoms with Crippen molar-refractivity contribution in [1.29, 1.82) is 0 Å². The fourth-order valence-corrected chi connectivity index (χ4v) is 1.57. The van der Waals surface area contributed by atoms with Crippen LogP contribution in [0, 0.1) is 0 Å². The van der Waals surface area contributed by atoms with E-state index in [1.807, 2.05) is 0 Å². The molecule has 0 atom stereocenters. The van der Waals surface area contributed by atoms with Gasteiger partial charge in [0.1, 0.15) is 15.5 Å². The number of nitrogens with one attached hydrogen (secondary N) is 1. The number of amides is 1. The van der Waals surface area contributed by atoms with Gasteiger partial charge in [-0.15, -0.1) is 5.10 Å². The van der Waals surface area contributed by atoms with Crippen molar-refractivity contribution < 1.29 is 13.2 Å². The lowest BCUT2D eigenvalue weighted by Gasteiger charge is -1.99. The molecule has 0 saturated heterocycles. The number of nitrogens with zero attached hydrogens (tertiary/aromatic N) is 3. The minimum Gasteiger partial charge on any atom is -0.349 e. The summed E-state index contributed by atoms with van der Waals surface area (Å²) in [4.78, 5) is 10.9. The van der Waals surface area contributed by atoms with E-state index >= 15 is 0 Å². The molecule has 0 saturated carbocycles. The van der Waals surface area contributed by atoms with E-state index in [2.05, 4.69) is 15.6 Å². The quantitative estimate of drug-likeness (QED) is 0.605. The Morgan fingerprint density at radius 2 is 2.29 bits per heavy atom. The number of carbonyl (C=O) groups is 1. The zero-order valence-corrected chi connectivity index (χ0v) is 10.3. The molecule has 0 unspecified atom stereocenters. The molecule has 0 aliphatic heterocycles. The highest BCUT2D eigenvalue weighted by Gasteiger charge is 2.06. The molecule has 3 N–H and O–H groups in total. The van der Waals surface area contributed by atoms with Gasteiger partial charge in [0.15, 0.2) is 0 Å². The molecule has 0 spiro atoms. The Morgan fingerprint density at radius 3 is 2.88 bits per heavy atom. The Balaban J connectivity index is 2.45. The predicted molar refractivity (Wildman–Crippen MR) is 60.6 cm³/mol. The van der Waals surface area contributed by atoms with E-state index in [4.69, 9.17) is 5.73 Å². The number of nitrogens with two attached hydrogens (primary N) is 1. The summed E-state index contributed by atoms with van der Waals surface area (Å²) in [5.74, 6) is -0.277. The lowest BCUT2D eigenvalue weighted by molar-refractivity contribution is -0.119. The Morgan fingerprint density at radius 1 is 1.59 bits per heavy atom. The van der Waals surface area contributed by atoms with Gasteiger partial charge in [-0.2, -0.15) is 0 Å². The molecular weight excluding hydrogens is 246 g/mol. The third-order valence-electron chi connectivity index (χ3n) is 1.93. The van der Waals surface area contributed by atoms with Gasteiger partial charge in [0.2, 0.25) is 5.91 Å². The normalized spacial score (nSPS) is 11.4. The van der Waals surface area contributed by atoms with E-state index in [-0.39, 0.29) is 31.3 Å². The third-order valence-corrected chi connectivity index (χ3v) is 2.85. The predicted octanol–water partition coefficient (Wildman–Crippen LogP) is -2.10. The molecule has 0 fully saturated rings. The number of rotatable bonds is 6. The van der Waals surface area contributed by atoms with Gasteiger partial charge in [0, 0.05) is 6.26 Å². The monoisotopic (exact) mass is 261 g/mol. The zero-order valence-electron chi connectivity index (χ0n) is 9.46. The van der Waals surface area contributed by atoms with Crippen molar-refractivity contribution in [2.45, 2.75) is 13.1 Å². The highest BCUT2D eigenvalue weighted by atomic mass is 32.2. The van der Waals surface area contributed by atoms with Crippen molar-refractivity contribution in [2.24, 2.45) is 5.73 Å². The van der Waals surface area contributed by atoms with E-state index in [0.717, 1.165) is 6.26 Å². The smallest absolute Gasteiger partial charge is 0.234 e. The maximum atomic E-state index is 10.9. The van der Waals surface area contributed by atoms with Gasteiger partial charge in [-0.3, -0.25) is 9.48 Å². The van der Waals surface area contributed by atoms with Crippen LogP contribution < -0.4 is 11.1 Å². The van der Waals surface area contributed by atoms with Crippen molar-refractivity contribution in [3.05, 3.63) is 11.9 Å². The number of aromatic nitrogens is 3. The van der Waals surface area contributed by atoms with Crippen molar-refractivity contribution in [3.8, 4) is 0 Å². The number of hydrogen-bond donors (Lipinski definition) is 2. The van der Waals surface area contributed by atoms with Crippen molar-refractivity contribution in [1.82, 2.24) is 20.3 Å². The van der Waals surface area contributed by atoms with Gasteiger partial charge in [0.25, 0.3) is 0 Å². The standard InChI is InChI=1S/C8H15N5O3S/c1-17(15,16)3-2-13-6-7(11-12-13)5-10-8(14)4-9/h6H,2-5,9H2,1H3,(H,10,14). The molecule has 1 aromatic heterocycles. The Kier molecular flexibility index (Phi) is 4.58. The fraction of sp³-hybridized carbons (Fsp3) is 0.625. The molecule has 17 heavy (non-hydrogen) atoms. The first-order valence-electron chi connectivity index (χ1n) is 4.94. The topological polar surface area (TPSA) is 120 Å². The summed E-state index contributed by atoms with van der Waals surface area (Å²) >= 11 is 0. The van der Waals surface area contributed by atoms with Crippen LogP contribution in [0.15, 0.2) is 6.20 Å². The summed E-state index contributed by atoms with van der Waals surface area (Å²) in [6.07, 6.45) is 2.74. The molecule has 0 aromatic carbocycles. The molecule has 0 bridgehead atoms. The van der Waals surface area contributed by atoms with Gasteiger partial charge < -0.3 is 11.1 Å². The summed E-state index contributed by atoms with van der Waals surface area (Å²) in [5, 5.41) is 10.1. The minimum atomic E-state index is -3.02. The molecule has 0 aliphatic rings. The third kappa shape index (κ3) is 5.41. The summed E-state index contributed by atoms with van der Waals surface area (Å²) in [6, 6.07) is 0. The van der Waals surface area contributed by atoms with Gasteiger partial charge >= 0.3 is 0 Å². The molecule has 8 nitrogen and oxygen atoms in total. The van der Waals surface area contributed by atoms with Crippen molar-refractivity contribution in [2.75, 3.05) is 18.6 Å². The molecule has 1 aromatic rings. The van der Waals surface area contributed by atoms with Gasteiger partial charge in [-0.05, 0) is 0 Å². The number of aryl methyl sites for hydroxylation is 1. The zero-order chi connectivity index (χ0) is 12.9. The molecule has 0 radical (unpaired) electrons. The first-order valence-corrected chi connectivity index (χ1v) is 7.00. The lowest BCUT2D eigenvalue weighted by Crippen LogP contribution is -2.29. The van der Waals surface area contributed by atoms with Crippen molar-refractivity contribution >= 4 is 15.7 Å². The Bertz CT molecular complexity index is 481. The summed E-state index contributed by atoms with van der Waals surface area (Å²) in [7, 11) is -3.02. The van der Waals surface area contributed by atoms with Gasteiger partial charge in [0.05, 0.1) is 31.6 Å². The number of sulfone groups is 1. The SMILES string of the molecule is CS(=O)(=O)CCn1cc(CNC(=O)CN)nn1. The van der Waals surface area contributed by atoms with Crippen LogP contribution in [0.1, 0.15) is 5.69 Å². The first-order chi connectivity index (χ1) is 7.90. The summed E-state index contributed by atoms with van der Waals surface area (Å²) < 4.78 is 23.3. The van der Waals surface area contributed by atoms with E-state index in [1.165, 1.54) is 4.68 Å². The van der Waals surface area contributed by atoms with Crippen LogP contribution in [0.2, 0.25) is 0 Å². The van der Waals surface area contributed by atoms with Crippen LogP contribution in [0.3, 0.4) is 0 Å². The fourth-order valence-electron chi connectivity index (χ4n) is 1.05. The minimum absolute atomic E-state index is 0.00492. The summed E-state index contributed by atoms with van der Waals surface area (Å²) in [5.41, 5.74) is 5.67. The van der Waals surface area contributed by atoms with E-state index < -0.39 is 9.84 Å². The van der Waals surface area contributed by atoms with Gasteiger partial charge in [-0.25, -0.2) is 8.42 Å². The number of carbonyl (C=O) groups excluding carboxylic acids is 1. The highest BCUT2D eigenvalue weighted by molar-refractivity contribution is 7.90. The van der Waals surface area contributed by atoms with E-state index in [9.17, 15) is 13.2 Å². The van der Waals surface area contributed by atoms with Crippen LogP contribution in [0.25, 0.3) is 0 Å². The average molecular weight is 261 g/mol. The molecule has 1 amide bonds.